The molecule has 1 aromatic carbocycles. The molecular weight excluding hydrogens is 455 g/mol. The van der Waals surface area contributed by atoms with Gasteiger partial charge in [0.1, 0.15) is 16.8 Å². The average molecular weight is 473 g/mol. The normalized spacial score (nSPS) is 16.6. The van der Waals surface area contributed by atoms with Crippen molar-refractivity contribution in [3.8, 4) is 0 Å². The maximum Gasteiger partial charge on any atom is 0.408 e. The number of amides is 2. The van der Waals surface area contributed by atoms with Crippen LogP contribution in [-0.4, -0.2) is 57.2 Å². The van der Waals surface area contributed by atoms with Crippen LogP contribution in [0.15, 0.2) is 32.8 Å². The fraction of sp³-hybridized carbons (Fsp3) is 0.294. The first kappa shape index (κ1) is 22.1. The maximum atomic E-state index is 13.0. The topological polar surface area (TPSA) is 148 Å². The van der Waals surface area contributed by atoms with Crippen molar-refractivity contribution in [3.05, 3.63) is 38.6 Å². The Bertz CT molecular complexity index is 1080. The summed E-state index contributed by atoms with van der Waals surface area (Å²) in [7, 11) is 1.51. The lowest BCUT2D eigenvalue weighted by molar-refractivity contribution is -0.122. The number of hydrogen-bond acceptors (Lipinski definition) is 7. The number of rotatable bonds is 4. The number of nitrogen functional groups attached to an aromatic ring is 1. The summed E-state index contributed by atoms with van der Waals surface area (Å²) in [5.74, 6) is -0.608. The Morgan fingerprint density at radius 3 is 2.63 bits per heavy atom. The lowest BCUT2D eigenvalue weighted by Crippen LogP contribution is -2.60. The highest BCUT2D eigenvalue weighted by atomic mass is 35.5. The minimum atomic E-state index is -1.25. The Balaban J connectivity index is 1.95. The van der Waals surface area contributed by atoms with E-state index in [1.807, 2.05) is 0 Å². The minimum Gasteiger partial charge on any atom is -0.465 e. The number of piperazine rings is 1. The van der Waals surface area contributed by atoms with Crippen LogP contribution in [-0.2, 0) is 11.8 Å². The zero-order chi connectivity index (χ0) is 22.2. The summed E-state index contributed by atoms with van der Waals surface area (Å²) in [6.45, 7) is 0.184. The number of benzene rings is 1. The molecule has 5 N–H and O–H groups in total. The first-order chi connectivity index (χ1) is 14.1. The van der Waals surface area contributed by atoms with Crippen molar-refractivity contribution in [3.63, 3.8) is 0 Å². The van der Waals surface area contributed by atoms with Crippen molar-refractivity contribution in [2.75, 3.05) is 30.3 Å². The number of nitrogens with zero attached hydrogens (tertiary/aromatic N) is 4. The molecule has 0 unspecified atom stereocenters. The van der Waals surface area contributed by atoms with Gasteiger partial charge in [0.25, 0.3) is 5.56 Å². The van der Waals surface area contributed by atoms with E-state index in [-0.39, 0.29) is 36.3 Å². The minimum absolute atomic E-state index is 0.0212. The summed E-state index contributed by atoms with van der Waals surface area (Å²) < 4.78 is 1.28. The molecule has 1 aliphatic rings. The molecular formula is C17H18Cl2N6O4S. The number of carbonyl (C=O) groups is 2. The number of carbonyl (C=O) groups excluding carboxylic acids is 1. The van der Waals surface area contributed by atoms with Crippen LogP contribution in [0.4, 0.5) is 16.6 Å². The van der Waals surface area contributed by atoms with Crippen LogP contribution in [0.3, 0.4) is 0 Å². The molecule has 0 aliphatic carbocycles. The molecule has 2 aromatic rings. The van der Waals surface area contributed by atoms with Gasteiger partial charge in [0.2, 0.25) is 11.9 Å². The molecule has 3 rings (SSSR count). The maximum absolute atomic E-state index is 13.0. The predicted octanol–water partition coefficient (Wildman–Crippen LogP) is 1.47. The van der Waals surface area contributed by atoms with E-state index in [0.717, 1.165) is 16.7 Å². The molecule has 1 saturated heterocycles. The summed E-state index contributed by atoms with van der Waals surface area (Å²) in [4.78, 5) is 43.6. The van der Waals surface area contributed by atoms with E-state index in [4.69, 9.17) is 34.7 Å². The Morgan fingerprint density at radius 2 is 2.00 bits per heavy atom. The van der Waals surface area contributed by atoms with E-state index in [0.29, 0.717) is 14.9 Å². The molecule has 2 heterocycles. The second-order valence-electron chi connectivity index (χ2n) is 6.48. The lowest BCUT2D eigenvalue weighted by atomic mass is 10.1. The predicted molar refractivity (Wildman–Crippen MR) is 114 cm³/mol. The van der Waals surface area contributed by atoms with Gasteiger partial charge in [-0.15, -0.1) is 0 Å². The smallest absolute Gasteiger partial charge is 0.408 e. The molecule has 1 atom stereocenters. The Hall–Kier alpha value is -2.63. The second-order valence-corrected chi connectivity index (χ2v) is 8.32. The van der Waals surface area contributed by atoms with Crippen LogP contribution < -0.4 is 21.9 Å². The van der Waals surface area contributed by atoms with Gasteiger partial charge in [-0.1, -0.05) is 41.0 Å². The van der Waals surface area contributed by atoms with E-state index in [1.165, 1.54) is 11.6 Å². The fourth-order valence-corrected chi connectivity index (χ4v) is 4.49. The highest BCUT2D eigenvalue weighted by Gasteiger charge is 2.35. The Morgan fingerprint density at radius 1 is 1.30 bits per heavy atom. The number of anilines is 2. The van der Waals surface area contributed by atoms with Crippen LogP contribution in [0.2, 0.25) is 10.0 Å². The van der Waals surface area contributed by atoms with E-state index < -0.39 is 23.6 Å². The standard InChI is InChI=1S/C17H18Cl2N6O4S/c1-23-15(27)12(30-10-4-2-3-8(18)11(10)19)13(20)22-16(23)24-5-6-25(17(28)29)9(7-24)14(21)26/h2-4,9H,5-7,20H2,1H3,(H2,21,26)(H,28,29)/t9-/m1/s1. The van der Waals surface area contributed by atoms with Gasteiger partial charge >= 0.3 is 6.09 Å². The summed E-state index contributed by atoms with van der Waals surface area (Å²) in [5.41, 5.74) is 11.0. The van der Waals surface area contributed by atoms with Crippen molar-refractivity contribution >= 4 is 58.7 Å². The van der Waals surface area contributed by atoms with E-state index in [1.54, 1.807) is 23.1 Å². The van der Waals surface area contributed by atoms with Gasteiger partial charge in [0, 0.05) is 25.0 Å². The second kappa shape index (κ2) is 8.62. The van der Waals surface area contributed by atoms with E-state index in [2.05, 4.69) is 4.98 Å². The third kappa shape index (κ3) is 4.13. The van der Waals surface area contributed by atoms with Crippen LogP contribution in [0, 0.1) is 0 Å². The SMILES string of the molecule is Cn1c(N2CCN(C(=O)O)[C@@H](C(N)=O)C2)nc(N)c(Sc2cccc(Cl)c2Cl)c1=O. The van der Waals surface area contributed by atoms with Crippen molar-refractivity contribution in [1.82, 2.24) is 14.5 Å². The van der Waals surface area contributed by atoms with Crippen LogP contribution in [0.25, 0.3) is 0 Å². The summed E-state index contributed by atoms with van der Waals surface area (Å²) in [6, 6.07) is 3.95. The third-order valence-corrected chi connectivity index (χ3v) is 6.70. The van der Waals surface area contributed by atoms with Gasteiger partial charge in [-0.25, -0.2) is 4.79 Å². The Labute approximate surface area is 185 Å². The molecule has 30 heavy (non-hydrogen) atoms. The van der Waals surface area contributed by atoms with Crippen molar-refractivity contribution < 1.29 is 14.7 Å². The quantitative estimate of drug-likeness (QED) is 0.605. The largest absolute Gasteiger partial charge is 0.465 e. The zero-order valence-electron chi connectivity index (χ0n) is 15.7. The van der Waals surface area contributed by atoms with E-state index in [9.17, 15) is 19.5 Å². The van der Waals surface area contributed by atoms with Crippen LogP contribution in [0.5, 0.6) is 0 Å². The van der Waals surface area contributed by atoms with Crippen molar-refractivity contribution in [1.29, 1.82) is 0 Å². The molecule has 1 aliphatic heterocycles. The molecule has 0 radical (unpaired) electrons. The summed E-state index contributed by atoms with van der Waals surface area (Å²) in [5, 5.41) is 9.90. The number of nitrogens with two attached hydrogens (primary N) is 2. The van der Waals surface area contributed by atoms with Crippen molar-refractivity contribution in [2.45, 2.75) is 15.8 Å². The number of primary amides is 1. The van der Waals surface area contributed by atoms with Gasteiger partial charge in [0.05, 0.1) is 16.6 Å². The van der Waals surface area contributed by atoms with Crippen molar-refractivity contribution in [2.24, 2.45) is 12.8 Å². The average Bonchev–Trinajstić information content (AvgIpc) is 2.70. The molecule has 13 heteroatoms. The third-order valence-electron chi connectivity index (χ3n) is 4.62. The van der Waals surface area contributed by atoms with Gasteiger partial charge in [0.15, 0.2) is 0 Å². The Kier molecular flexibility index (Phi) is 6.34. The monoisotopic (exact) mass is 472 g/mol. The van der Waals surface area contributed by atoms with Crippen LogP contribution in [0.1, 0.15) is 0 Å². The number of aromatic nitrogens is 2. The number of halogens is 2. The number of hydrogen-bond donors (Lipinski definition) is 3. The van der Waals surface area contributed by atoms with Gasteiger partial charge in [-0.05, 0) is 12.1 Å². The zero-order valence-corrected chi connectivity index (χ0v) is 18.0. The fourth-order valence-electron chi connectivity index (χ4n) is 3.07. The molecule has 1 aromatic heterocycles. The molecule has 0 bridgehead atoms. The first-order valence-corrected chi connectivity index (χ1v) is 10.2. The highest BCUT2D eigenvalue weighted by molar-refractivity contribution is 7.99. The summed E-state index contributed by atoms with van der Waals surface area (Å²) >= 11 is 13.3. The van der Waals surface area contributed by atoms with Crippen LogP contribution >= 0.6 is 35.0 Å². The molecule has 0 spiro atoms. The highest BCUT2D eigenvalue weighted by Crippen LogP contribution is 2.37. The van der Waals surface area contributed by atoms with Gasteiger partial charge in [-0.2, -0.15) is 4.98 Å². The molecule has 2 amide bonds. The van der Waals surface area contributed by atoms with E-state index >= 15 is 0 Å². The van der Waals surface area contributed by atoms with Gasteiger partial charge < -0.3 is 21.5 Å². The molecule has 1 fully saturated rings. The number of carboxylic acid groups (broad SMARTS) is 1. The molecule has 160 valence electrons. The molecule has 10 nitrogen and oxygen atoms in total. The first-order valence-electron chi connectivity index (χ1n) is 8.64. The van der Waals surface area contributed by atoms with Gasteiger partial charge in [-0.3, -0.25) is 19.1 Å². The lowest BCUT2D eigenvalue weighted by Gasteiger charge is -2.39. The summed E-state index contributed by atoms with van der Waals surface area (Å²) in [6.07, 6.45) is -1.25. The molecule has 0 saturated carbocycles.